The topological polar surface area (TPSA) is 29.1 Å². The first-order valence-corrected chi connectivity index (χ1v) is 9.18. The molecule has 1 fully saturated rings. The van der Waals surface area contributed by atoms with E-state index in [2.05, 4.69) is 39.9 Å². The third-order valence-electron chi connectivity index (χ3n) is 4.62. The standard InChI is InChI=1S/C16H33NOS/c1-12(2)9-10-19(18)15-11-13(16(3,4)5)7-8-14(15)17-6/h12-15,17H,7-11H2,1-6H3. The van der Waals surface area contributed by atoms with E-state index in [1.54, 1.807) is 0 Å². The fourth-order valence-electron chi connectivity index (χ4n) is 3.04. The number of nitrogens with one attached hydrogen (secondary N) is 1. The molecule has 1 saturated carbocycles. The van der Waals surface area contributed by atoms with Gasteiger partial charge < -0.3 is 5.32 Å². The Balaban J connectivity index is 2.67. The van der Waals surface area contributed by atoms with Crippen molar-refractivity contribution in [1.82, 2.24) is 5.32 Å². The lowest BCUT2D eigenvalue weighted by Gasteiger charge is -2.41. The highest BCUT2D eigenvalue weighted by atomic mass is 32.2. The first-order chi connectivity index (χ1) is 8.75. The Kier molecular flexibility index (Phi) is 6.52. The molecule has 1 rings (SSSR count). The summed E-state index contributed by atoms with van der Waals surface area (Å²) < 4.78 is 12.6. The van der Waals surface area contributed by atoms with E-state index >= 15 is 0 Å². The minimum Gasteiger partial charge on any atom is -0.316 e. The van der Waals surface area contributed by atoms with Crippen LogP contribution in [0.2, 0.25) is 0 Å². The van der Waals surface area contributed by atoms with Gasteiger partial charge in [0.15, 0.2) is 0 Å². The smallest absolute Gasteiger partial charge is 0.0503 e. The molecule has 0 aromatic rings. The van der Waals surface area contributed by atoms with Gasteiger partial charge in [0.05, 0.1) is 5.25 Å². The van der Waals surface area contributed by atoms with E-state index in [0.717, 1.165) is 18.6 Å². The Labute approximate surface area is 122 Å². The van der Waals surface area contributed by atoms with E-state index in [1.807, 2.05) is 7.05 Å². The van der Waals surface area contributed by atoms with Gasteiger partial charge in [0, 0.05) is 22.6 Å². The van der Waals surface area contributed by atoms with Crippen LogP contribution in [0.3, 0.4) is 0 Å². The second-order valence-corrected chi connectivity index (χ2v) is 9.35. The maximum atomic E-state index is 12.6. The number of hydrogen-bond donors (Lipinski definition) is 1. The Morgan fingerprint density at radius 1 is 1.26 bits per heavy atom. The first-order valence-electron chi connectivity index (χ1n) is 7.80. The highest BCUT2D eigenvalue weighted by Gasteiger charge is 2.37. The zero-order valence-electron chi connectivity index (χ0n) is 13.7. The molecule has 0 amide bonds. The largest absolute Gasteiger partial charge is 0.316 e. The Morgan fingerprint density at radius 2 is 1.89 bits per heavy atom. The normalized spacial score (nSPS) is 30.6. The van der Waals surface area contributed by atoms with Gasteiger partial charge in [0.2, 0.25) is 0 Å². The van der Waals surface area contributed by atoms with E-state index in [4.69, 9.17) is 0 Å². The molecule has 0 aromatic carbocycles. The molecule has 0 heterocycles. The molecule has 0 radical (unpaired) electrons. The lowest BCUT2D eigenvalue weighted by Crippen LogP contribution is -2.47. The predicted octanol–water partition coefficient (Wildman–Crippen LogP) is 3.58. The van der Waals surface area contributed by atoms with Crippen LogP contribution in [-0.4, -0.2) is 28.3 Å². The molecule has 3 heteroatoms. The molecule has 19 heavy (non-hydrogen) atoms. The summed E-state index contributed by atoms with van der Waals surface area (Å²) in [4.78, 5) is 0. The van der Waals surface area contributed by atoms with Crippen LogP contribution >= 0.6 is 0 Å². The van der Waals surface area contributed by atoms with Crippen molar-refractivity contribution in [3.63, 3.8) is 0 Å². The van der Waals surface area contributed by atoms with E-state index in [0.29, 0.717) is 28.5 Å². The molecule has 1 N–H and O–H groups in total. The summed E-state index contributed by atoms with van der Waals surface area (Å²) in [6, 6.07) is 0.451. The molecule has 114 valence electrons. The third kappa shape index (κ3) is 5.18. The van der Waals surface area contributed by atoms with Gasteiger partial charge in [-0.3, -0.25) is 4.21 Å². The number of hydrogen-bond acceptors (Lipinski definition) is 2. The van der Waals surface area contributed by atoms with E-state index in [1.165, 1.54) is 12.8 Å². The van der Waals surface area contributed by atoms with Crippen molar-refractivity contribution in [2.75, 3.05) is 12.8 Å². The monoisotopic (exact) mass is 287 g/mol. The summed E-state index contributed by atoms with van der Waals surface area (Å²) in [5.41, 5.74) is 0.346. The van der Waals surface area contributed by atoms with E-state index < -0.39 is 10.8 Å². The van der Waals surface area contributed by atoms with Crippen molar-refractivity contribution in [2.24, 2.45) is 17.3 Å². The predicted molar refractivity (Wildman–Crippen MR) is 85.9 cm³/mol. The van der Waals surface area contributed by atoms with Crippen molar-refractivity contribution < 1.29 is 4.21 Å². The highest BCUT2D eigenvalue weighted by molar-refractivity contribution is 7.85. The van der Waals surface area contributed by atoms with Gasteiger partial charge >= 0.3 is 0 Å². The lowest BCUT2D eigenvalue weighted by atomic mass is 9.71. The minimum atomic E-state index is -0.675. The van der Waals surface area contributed by atoms with Gasteiger partial charge in [-0.05, 0) is 50.0 Å². The highest BCUT2D eigenvalue weighted by Crippen LogP contribution is 2.39. The van der Waals surface area contributed by atoms with Crippen LogP contribution in [-0.2, 0) is 10.8 Å². The molecule has 0 aromatic heterocycles. The Hall–Kier alpha value is 0.110. The van der Waals surface area contributed by atoms with Crippen LogP contribution in [0.1, 0.15) is 60.3 Å². The number of rotatable bonds is 5. The molecule has 4 unspecified atom stereocenters. The van der Waals surface area contributed by atoms with E-state index in [-0.39, 0.29) is 0 Å². The van der Waals surface area contributed by atoms with Gasteiger partial charge in [-0.2, -0.15) is 0 Å². The van der Waals surface area contributed by atoms with Gasteiger partial charge in [-0.1, -0.05) is 34.6 Å². The average Bonchev–Trinajstić information content (AvgIpc) is 2.33. The molecule has 1 aliphatic carbocycles. The van der Waals surface area contributed by atoms with E-state index in [9.17, 15) is 4.21 Å². The van der Waals surface area contributed by atoms with Crippen LogP contribution in [0.25, 0.3) is 0 Å². The summed E-state index contributed by atoms with van der Waals surface area (Å²) in [6.45, 7) is 11.4. The van der Waals surface area contributed by atoms with Crippen LogP contribution in [0.4, 0.5) is 0 Å². The van der Waals surface area contributed by atoms with Gasteiger partial charge in [-0.25, -0.2) is 0 Å². The first kappa shape index (κ1) is 17.2. The molecule has 0 spiro atoms. The van der Waals surface area contributed by atoms with Crippen LogP contribution in [0.15, 0.2) is 0 Å². The van der Waals surface area contributed by atoms with Gasteiger partial charge in [0.1, 0.15) is 0 Å². The van der Waals surface area contributed by atoms with Crippen molar-refractivity contribution in [1.29, 1.82) is 0 Å². The summed E-state index contributed by atoms with van der Waals surface area (Å²) in [6.07, 6.45) is 4.66. The lowest BCUT2D eigenvalue weighted by molar-refractivity contribution is 0.166. The SMILES string of the molecule is CNC1CCC(C(C)(C)C)CC1S(=O)CCC(C)C. The molecule has 1 aliphatic rings. The fourth-order valence-corrected chi connectivity index (χ4v) is 5.13. The maximum absolute atomic E-state index is 12.6. The van der Waals surface area contributed by atoms with Crippen molar-refractivity contribution in [3.8, 4) is 0 Å². The second kappa shape index (κ2) is 7.21. The van der Waals surface area contributed by atoms with Crippen molar-refractivity contribution >= 4 is 10.8 Å². The summed E-state index contributed by atoms with van der Waals surface area (Å²) in [5, 5.41) is 3.75. The summed E-state index contributed by atoms with van der Waals surface area (Å²) in [7, 11) is 1.35. The maximum Gasteiger partial charge on any atom is 0.0503 e. The summed E-state index contributed by atoms with van der Waals surface area (Å²) in [5.74, 6) is 2.24. The molecule has 2 nitrogen and oxygen atoms in total. The molecule has 0 bridgehead atoms. The summed E-state index contributed by atoms with van der Waals surface area (Å²) >= 11 is 0. The van der Waals surface area contributed by atoms with Gasteiger partial charge in [0.25, 0.3) is 0 Å². The van der Waals surface area contributed by atoms with Crippen LogP contribution in [0, 0.1) is 17.3 Å². The molecule has 4 atom stereocenters. The second-order valence-electron chi connectivity index (χ2n) is 7.58. The Bertz CT molecular complexity index is 296. The fraction of sp³-hybridized carbons (Fsp3) is 1.00. The zero-order chi connectivity index (χ0) is 14.6. The minimum absolute atomic E-state index is 0.346. The zero-order valence-corrected chi connectivity index (χ0v) is 14.5. The average molecular weight is 288 g/mol. The molecular weight excluding hydrogens is 254 g/mol. The van der Waals surface area contributed by atoms with Crippen molar-refractivity contribution in [3.05, 3.63) is 0 Å². The van der Waals surface area contributed by atoms with Crippen molar-refractivity contribution in [2.45, 2.75) is 71.6 Å². The van der Waals surface area contributed by atoms with Crippen LogP contribution < -0.4 is 5.32 Å². The Morgan fingerprint density at radius 3 is 2.37 bits per heavy atom. The molecular formula is C16H33NOS. The molecule has 0 aliphatic heterocycles. The molecule has 0 saturated heterocycles. The van der Waals surface area contributed by atoms with Crippen LogP contribution in [0.5, 0.6) is 0 Å². The van der Waals surface area contributed by atoms with Gasteiger partial charge in [-0.15, -0.1) is 0 Å². The quantitative estimate of drug-likeness (QED) is 0.837. The third-order valence-corrected chi connectivity index (χ3v) is 6.46.